The average molecular weight is 357 g/mol. The van der Waals surface area contributed by atoms with Gasteiger partial charge in [0.2, 0.25) is 5.91 Å². The molecule has 0 saturated carbocycles. The van der Waals surface area contributed by atoms with Crippen molar-refractivity contribution in [2.75, 3.05) is 5.32 Å². The molecule has 7 heteroatoms. The quantitative estimate of drug-likeness (QED) is 0.777. The van der Waals surface area contributed by atoms with E-state index < -0.39 is 0 Å². The van der Waals surface area contributed by atoms with Gasteiger partial charge in [-0.3, -0.25) is 4.79 Å². The Labute approximate surface area is 149 Å². The zero-order chi connectivity index (χ0) is 17.6. The monoisotopic (exact) mass is 356 g/mol. The number of hydrogen-bond acceptors (Lipinski definition) is 4. The van der Waals surface area contributed by atoms with Crippen molar-refractivity contribution in [1.82, 2.24) is 14.9 Å². The van der Waals surface area contributed by atoms with Crippen molar-refractivity contribution >= 4 is 23.3 Å². The van der Waals surface area contributed by atoms with E-state index in [-0.39, 0.29) is 11.8 Å². The molecular weight excluding hydrogens is 340 g/mol. The van der Waals surface area contributed by atoms with Crippen LogP contribution in [0.3, 0.4) is 0 Å². The number of carbonyl (C=O) groups excluding carboxylic acids is 1. The number of anilines is 1. The lowest BCUT2D eigenvalue weighted by Gasteiger charge is -2.23. The van der Waals surface area contributed by atoms with Crippen LogP contribution >= 0.6 is 11.6 Å². The van der Waals surface area contributed by atoms with E-state index in [0.29, 0.717) is 23.8 Å². The minimum Gasteiger partial charge on any atom is -0.361 e. The van der Waals surface area contributed by atoms with E-state index >= 15 is 0 Å². The predicted molar refractivity (Wildman–Crippen MR) is 93.8 cm³/mol. The molecule has 1 aliphatic heterocycles. The van der Waals surface area contributed by atoms with E-state index in [9.17, 15) is 4.79 Å². The van der Waals surface area contributed by atoms with Crippen LogP contribution in [-0.4, -0.2) is 20.8 Å². The van der Waals surface area contributed by atoms with E-state index in [2.05, 4.69) is 15.6 Å². The number of fused-ring (bicyclic) bond motifs is 1. The van der Waals surface area contributed by atoms with Crippen molar-refractivity contribution in [2.24, 2.45) is 0 Å². The van der Waals surface area contributed by atoms with Crippen LogP contribution in [-0.2, 0) is 11.3 Å². The Bertz CT molecular complexity index is 940. The van der Waals surface area contributed by atoms with Gasteiger partial charge in [-0.2, -0.15) is 5.10 Å². The molecule has 1 atom stereocenters. The number of benzene rings is 1. The first-order valence-corrected chi connectivity index (χ1v) is 8.44. The second-order valence-corrected chi connectivity index (χ2v) is 6.65. The summed E-state index contributed by atoms with van der Waals surface area (Å²) < 4.78 is 7.07. The summed E-state index contributed by atoms with van der Waals surface area (Å²) >= 11 is 6.26. The number of nitrogens with zero attached hydrogens (tertiary/aromatic N) is 3. The fourth-order valence-electron chi connectivity index (χ4n) is 3.42. The molecule has 128 valence electrons. The lowest BCUT2D eigenvalue weighted by atomic mass is 9.86. The maximum absolute atomic E-state index is 12.3. The second kappa shape index (κ2) is 6.04. The molecule has 1 aromatic carbocycles. The number of amides is 1. The number of halogens is 1. The molecule has 0 aliphatic carbocycles. The van der Waals surface area contributed by atoms with Gasteiger partial charge < -0.3 is 9.84 Å². The molecule has 4 rings (SSSR count). The van der Waals surface area contributed by atoms with Crippen molar-refractivity contribution in [2.45, 2.75) is 32.7 Å². The SMILES string of the molecule is Cc1noc(C)c1[C@H]1CC(=O)Nc2c1cnn2Cc1ccccc1Cl. The predicted octanol–water partition coefficient (Wildman–Crippen LogP) is 3.66. The molecule has 0 fully saturated rings. The Hall–Kier alpha value is -2.60. The van der Waals surface area contributed by atoms with Crippen molar-refractivity contribution in [3.05, 3.63) is 63.6 Å². The number of aryl methyl sites for hydroxylation is 2. The molecule has 0 unspecified atom stereocenters. The fourth-order valence-corrected chi connectivity index (χ4v) is 3.62. The lowest BCUT2D eigenvalue weighted by molar-refractivity contribution is -0.116. The first-order valence-electron chi connectivity index (χ1n) is 8.06. The number of nitrogens with one attached hydrogen (secondary N) is 1. The Morgan fingerprint density at radius 1 is 1.36 bits per heavy atom. The van der Waals surface area contributed by atoms with Crippen LogP contribution < -0.4 is 5.32 Å². The van der Waals surface area contributed by atoms with Crippen LogP contribution in [0.1, 0.15) is 40.5 Å². The van der Waals surface area contributed by atoms with Crippen LogP contribution in [0.15, 0.2) is 35.0 Å². The molecule has 6 nitrogen and oxygen atoms in total. The van der Waals surface area contributed by atoms with Crippen LogP contribution in [0.4, 0.5) is 5.82 Å². The van der Waals surface area contributed by atoms with Gasteiger partial charge in [0.05, 0.1) is 18.4 Å². The highest BCUT2D eigenvalue weighted by Crippen LogP contribution is 2.39. The van der Waals surface area contributed by atoms with E-state index in [4.69, 9.17) is 16.1 Å². The van der Waals surface area contributed by atoms with Crippen molar-refractivity contribution < 1.29 is 9.32 Å². The van der Waals surface area contributed by atoms with Crippen LogP contribution in [0.2, 0.25) is 5.02 Å². The summed E-state index contributed by atoms with van der Waals surface area (Å²) in [6.07, 6.45) is 2.16. The third-order valence-electron chi connectivity index (χ3n) is 4.61. The molecule has 25 heavy (non-hydrogen) atoms. The summed E-state index contributed by atoms with van der Waals surface area (Å²) in [5, 5.41) is 12.1. The minimum atomic E-state index is -0.102. The van der Waals surface area contributed by atoms with Gasteiger partial charge >= 0.3 is 0 Å². The molecule has 3 aromatic rings. The molecule has 2 aromatic heterocycles. The average Bonchev–Trinajstić information content (AvgIpc) is 3.13. The maximum atomic E-state index is 12.3. The van der Waals surface area contributed by atoms with Gasteiger partial charge in [0.1, 0.15) is 11.6 Å². The zero-order valence-electron chi connectivity index (χ0n) is 13.9. The lowest BCUT2D eigenvalue weighted by Crippen LogP contribution is -2.25. The first-order chi connectivity index (χ1) is 12.0. The Morgan fingerprint density at radius 2 is 2.16 bits per heavy atom. The Kier molecular flexibility index (Phi) is 3.84. The third kappa shape index (κ3) is 2.72. The third-order valence-corrected chi connectivity index (χ3v) is 4.97. The van der Waals surface area contributed by atoms with Crippen molar-refractivity contribution in [3.63, 3.8) is 0 Å². The highest BCUT2D eigenvalue weighted by molar-refractivity contribution is 6.31. The number of aromatic nitrogens is 3. The van der Waals surface area contributed by atoms with Gasteiger partial charge in [-0.25, -0.2) is 4.68 Å². The van der Waals surface area contributed by atoms with Gasteiger partial charge in [-0.1, -0.05) is 35.0 Å². The van der Waals surface area contributed by atoms with Crippen LogP contribution in [0.5, 0.6) is 0 Å². The number of carbonyl (C=O) groups is 1. The van der Waals surface area contributed by atoms with Gasteiger partial charge in [0, 0.05) is 28.5 Å². The molecule has 0 radical (unpaired) electrons. The van der Waals surface area contributed by atoms with Gasteiger partial charge in [0.15, 0.2) is 0 Å². The number of hydrogen-bond donors (Lipinski definition) is 1. The molecule has 0 bridgehead atoms. The molecule has 1 amide bonds. The fraction of sp³-hybridized carbons (Fsp3) is 0.278. The first kappa shape index (κ1) is 15.9. The van der Waals surface area contributed by atoms with E-state index in [1.165, 1.54) is 0 Å². The summed E-state index contributed by atoms with van der Waals surface area (Å²) in [6.45, 7) is 4.26. The molecule has 1 N–H and O–H groups in total. The molecule has 0 saturated heterocycles. The van der Waals surface area contributed by atoms with E-state index in [1.807, 2.05) is 44.3 Å². The van der Waals surface area contributed by atoms with Crippen molar-refractivity contribution in [3.8, 4) is 0 Å². The molecule has 1 aliphatic rings. The summed E-state index contributed by atoms with van der Waals surface area (Å²) in [6, 6.07) is 7.62. The highest BCUT2D eigenvalue weighted by atomic mass is 35.5. The van der Waals surface area contributed by atoms with Gasteiger partial charge in [0.25, 0.3) is 0 Å². The van der Waals surface area contributed by atoms with Crippen LogP contribution in [0.25, 0.3) is 0 Å². The second-order valence-electron chi connectivity index (χ2n) is 6.24. The Morgan fingerprint density at radius 3 is 2.88 bits per heavy atom. The summed E-state index contributed by atoms with van der Waals surface area (Å²) in [7, 11) is 0. The molecular formula is C18H17ClN4O2. The Balaban J connectivity index is 1.76. The zero-order valence-corrected chi connectivity index (χ0v) is 14.7. The maximum Gasteiger partial charge on any atom is 0.226 e. The smallest absolute Gasteiger partial charge is 0.226 e. The van der Waals surface area contributed by atoms with Gasteiger partial charge in [-0.05, 0) is 25.5 Å². The summed E-state index contributed by atoms with van der Waals surface area (Å²) in [5.41, 5.74) is 3.69. The standard InChI is InChI=1S/C18H17ClN4O2/c1-10-17(11(2)25-22-10)13-7-16(24)21-18-14(13)8-20-23(18)9-12-5-3-4-6-15(12)19/h3-6,8,13H,7,9H2,1-2H3,(H,21,24)/t13-/m0/s1. The number of rotatable bonds is 3. The largest absolute Gasteiger partial charge is 0.361 e. The van der Waals surface area contributed by atoms with E-state index in [1.54, 1.807) is 4.68 Å². The topological polar surface area (TPSA) is 73.0 Å². The van der Waals surface area contributed by atoms with Crippen molar-refractivity contribution in [1.29, 1.82) is 0 Å². The van der Waals surface area contributed by atoms with Crippen LogP contribution in [0, 0.1) is 13.8 Å². The molecule has 3 heterocycles. The van der Waals surface area contributed by atoms with Gasteiger partial charge in [-0.15, -0.1) is 0 Å². The molecule has 0 spiro atoms. The summed E-state index contributed by atoms with van der Waals surface area (Å²) in [4.78, 5) is 12.3. The van der Waals surface area contributed by atoms with E-state index in [0.717, 1.165) is 28.1 Å². The summed E-state index contributed by atoms with van der Waals surface area (Å²) in [5.74, 6) is 1.30. The minimum absolute atomic E-state index is 0.0431. The normalized spacial score (nSPS) is 16.6. The highest BCUT2D eigenvalue weighted by Gasteiger charge is 2.33.